The number of H-pyrrole nitrogens is 1. The van der Waals surface area contributed by atoms with E-state index in [-0.39, 0.29) is 10.6 Å². The molecule has 1 N–H and O–H groups in total. The second-order valence-corrected chi connectivity index (χ2v) is 5.71. The van der Waals surface area contributed by atoms with Crippen molar-refractivity contribution in [3.8, 4) is 11.4 Å². The first kappa shape index (κ1) is 15.6. The van der Waals surface area contributed by atoms with Gasteiger partial charge in [0, 0.05) is 11.1 Å². The van der Waals surface area contributed by atoms with E-state index in [9.17, 15) is 4.39 Å². The zero-order valence-corrected chi connectivity index (χ0v) is 13.7. The lowest BCUT2D eigenvalue weighted by molar-refractivity contribution is 0.625. The number of hydrogen-bond acceptors (Lipinski definition) is 3. The molecule has 116 valence electrons. The van der Waals surface area contributed by atoms with Crippen molar-refractivity contribution in [2.45, 2.75) is 6.92 Å². The van der Waals surface area contributed by atoms with Gasteiger partial charge in [-0.25, -0.2) is 9.49 Å². The molecule has 0 saturated heterocycles. The van der Waals surface area contributed by atoms with E-state index >= 15 is 0 Å². The summed E-state index contributed by atoms with van der Waals surface area (Å²) < 4.78 is 15.6. The summed E-state index contributed by atoms with van der Waals surface area (Å²) >= 11 is 11.2. The lowest BCUT2D eigenvalue weighted by atomic mass is 10.1. The minimum absolute atomic E-state index is 0.201. The van der Waals surface area contributed by atoms with Crippen LogP contribution in [0, 0.1) is 17.5 Å². The number of nitrogens with zero attached hydrogens (tertiary/aromatic N) is 3. The Labute approximate surface area is 142 Å². The fourth-order valence-corrected chi connectivity index (χ4v) is 2.51. The van der Waals surface area contributed by atoms with Crippen molar-refractivity contribution in [2.24, 2.45) is 5.10 Å². The number of rotatable bonds is 3. The van der Waals surface area contributed by atoms with Gasteiger partial charge in [0.05, 0.1) is 11.2 Å². The zero-order chi connectivity index (χ0) is 16.4. The van der Waals surface area contributed by atoms with Gasteiger partial charge in [-0.15, -0.1) is 0 Å². The van der Waals surface area contributed by atoms with Gasteiger partial charge in [0.1, 0.15) is 5.82 Å². The molecular formula is C16H12ClFN4S. The van der Waals surface area contributed by atoms with Crippen LogP contribution >= 0.6 is 23.8 Å². The molecule has 0 aliphatic rings. The van der Waals surface area contributed by atoms with E-state index in [4.69, 9.17) is 23.8 Å². The molecule has 0 spiro atoms. The van der Waals surface area contributed by atoms with Crippen LogP contribution in [-0.2, 0) is 0 Å². The summed E-state index contributed by atoms with van der Waals surface area (Å²) in [6.07, 6.45) is 1.34. The second-order valence-electron chi connectivity index (χ2n) is 4.91. The van der Waals surface area contributed by atoms with E-state index in [2.05, 4.69) is 15.3 Å². The van der Waals surface area contributed by atoms with Crippen LogP contribution in [0.3, 0.4) is 0 Å². The monoisotopic (exact) mass is 346 g/mol. The summed E-state index contributed by atoms with van der Waals surface area (Å²) in [7, 11) is 0. The highest BCUT2D eigenvalue weighted by atomic mass is 35.5. The molecule has 4 nitrogen and oxygen atoms in total. The predicted molar refractivity (Wildman–Crippen MR) is 92.0 cm³/mol. The fraction of sp³-hybridized carbons (Fsp3) is 0.0625. The second kappa shape index (κ2) is 6.44. The summed E-state index contributed by atoms with van der Waals surface area (Å²) in [4.78, 5) is 0. The van der Waals surface area contributed by atoms with Crippen LogP contribution in [0.5, 0.6) is 0 Å². The fourth-order valence-electron chi connectivity index (χ4n) is 2.12. The molecule has 0 radical (unpaired) electrons. The standard InChI is InChI=1S/C16H12ClFN4S/c1-10-4-2-5-11(8-10)15-20-21-16(23)22(15)19-9-12-13(17)6-3-7-14(12)18/h2-9H,1H3,(H,21,23)/b19-9+. The van der Waals surface area contributed by atoms with Gasteiger partial charge in [-0.3, -0.25) is 0 Å². The highest BCUT2D eigenvalue weighted by Crippen LogP contribution is 2.20. The zero-order valence-electron chi connectivity index (χ0n) is 12.1. The maximum atomic E-state index is 13.8. The number of halogens is 2. The van der Waals surface area contributed by atoms with E-state index in [0.717, 1.165) is 11.1 Å². The van der Waals surface area contributed by atoms with Crippen molar-refractivity contribution < 1.29 is 4.39 Å². The Bertz CT molecular complexity index is 925. The van der Waals surface area contributed by atoms with E-state index < -0.39 is 5.82 Å². The van der Waals surface area contributed by atoms with Crippen molar-refractivity contribution >= 4 is 30.0 Å². The summed E-state index contributed by atoms with van der Waals surface area (Å²) in [5, 5.41) is 11.4. The van der Waals surface area contributed by atoms with Gasteiger partial charge in [-0.2, -0.15) is 14.9 Å². The Morgan fingerprint density at radius 1 is 1.30 bits per heavy atom. The van der Waals surface area contributed by atoms with E-state index in [1.807, 2.05) is 31.2 Å². The van der Waals surface area contributed by atoms with Gasteiger partial charge in [0.15, 0.2) is 5.82 Å². The average Bonchev–Trinajstić information content (AvgIpc) is 2.88. The average molecular weight is 347 g/mol. The van der Waals surface area contributed by atoms with Crippen LogP contribution in [0.4, 0.5) is 4.39 Å². The van der Waals surface area contributed by atoms with Crippen LogP contribution in [-0.4, -0.2) is 21.1 Å². The highest BCUT2D eigenvalue weighted by molar-refractivity contribution is 7.71. The largest absolute Gasteiger partial charge is 0.250 e. The Balaban J connectivity index is 2.06. The summed E-state index contributed by atoms with van der Waals surface area (Å²) in [6, 6.07) is 12.2. The van der Waals surface area contributed by atoms with Gasteiger partial charge in [-0.05, 0) is 37.3 Å². The maximum Gasteiger partial charge on any atom is 0.216 e. The number of benzene rings is 2. The third kappa shape index (κ3) is 3.23. The van der Waals surface area contributed by atoms with Crippen molar-refractivity contribution in [1.82, 2.24) is 14.9 Å². The first-order valence-electron chi connectivity index (χ1n) is 6.79. The van der Waals surface area contributed by atoms with E-state index in [0.29, 0.717) is 10.6 Å². The molecule has 3 aromatic rings. The Morgan fingerprint density at radius 3 is 2.83 bits per heavy atom. The first-order chi connectivity index (χ1) is 11.1. The smallest absolute Gasteiger partial charge is 0.216 e. The molecule has 0 bridgehead atoms. The van der Waals surface area contributed by atoms with Crippen LogP contribution < -0.4 is 0 Å². The molecule has 1 aromatic heterocycles. The number of aryl methyl sites for hydroxylation is 1. The van der Waals surface area contributed by atoms with E-state index in [1.165, 1.54) is 23.0 Å². The maximum absolute atomic E-state index is 13.8. The lowest BCUT2D eigenvalue weighted by Gasteiger charge is -2.03. The molecule has 7 heteroatoms. The quantitative estimate of drug-likeness (QED) is 0.557. The van der Waals surface area contributed by atoms with Crippen LogP contribution in [0.1, 0.15) is 11.1 Å². The normalized spacial score (nSPS) is 11.3. The molecule has 0 fully saturated rings. The number of aromatic amines is 1. The molecule has 3 rings (SSSR count). The van der Waals surface area contributed by atoms with Crippen LogP contribution in [0.15, 0.2) is 47.6 Å². The molecule has 1 heterocycles. The third-order valence-corrected chi connectivity index (χ3v) is 3.82. The molecule has 0 unspecified atom stereocenters. The molecule has 0 amide bonds. The number of hydrogen-bond donors (Lipinski definition) is 1. The van der Waals surface area contributed by atoms with Crippen LogP contribution in [0.2, 0.25) is 5.02 Å². The summed E-state index contributed by atoms with van der Waals surface area (Å²) in [6.45, 7) is 1.98. The SMILES string of the molecule is Cc1cccc(-c2n[nH]c(=S)n2/N=C/c2c(F)cccc2Cl)c1. The third-order valence-electron chi connectivity index (χ3n) is 3.23. The van der Waals surface area contributed by atoms with Crippen molar-refractivity contribution in [1.29, 1.82) is 0 Å². The minimum Gasteiger partial charge on any atom is -0.250 e. The number of aromatic nitrogens is 3. The molecule has 0 atom stereocenters. The predicted octanol–water partition coefficient (Wildman–Crippen LogP) is 4.59. The Morgan fingerprint density at radius 2 is 2.09 bits per heavy atom. The summed E-state index contributed by atoms with van der Waals surface area (Å²) in [5.41, 5.74) is 2.14. The van der Waals surface area contributed by atoms with Crippen molar-refractivity contribution in [3.05, 3.63) is 69.2 Å². The molecular weight excluding hydrogens is 335 g/mol. The number of nitrogens with one attached hydrogen (secondary N) is 1. The van der Waals surface area contributed by atoms with E-state index in [1.54, 1.807) is 6.07 Å². The molecule has 0 aliphatic carbocycles. The van der Waals surface area contributed by atoms with Crippen molar-refractivity contribution in [2.75, 3.05) is 0 Å². The van der Waals surface area contributed by atoms with Gasteiger partial charge in [-0.1, -0.05) is 41.4 Å². The topological polar surface area (TPSA) is 46.0 Å². The molecule has 23 heavy (non-hydrogen) atoms. The van der Waals surface area contributed by atoms with Gasteiger partial charge >= 0.3 is 0 Å². The molecule has 0 saturated carbocycles. The Hall–Kier alpha value is -2.31. The van der Waals surface area contributed by atoms with Gasteiger partial charge in [0.2, 0.25) is 4.77 Å². The molecule has 2 aromatic carbocycles. The van der Waals surface area contributed by atoms with Crippen molar-refractivity contribution in [3.63, 3.8) is 0 Å². The van der Waals surface area contributed by atoms with Gasteiger partial charge in [0.25, 0.3) is 0 Å². The first-order valence-corrected chi connectivity index (χ1v) is 7.57. The lowest BCUT2D eigenvalue weighted by Crippen LogP contribution is -1.97. The van der Waals surface area contributed by atoms with Gasteiger partial charge < -0.3 is 0 Å². The highest BCUT2D eigenvalue weighted by Gasteiger charge is 2.09. The van der Waals surface area contributed by atoms with Crippen LogP contribution in [0.25, 0.3) is 11.4 Å². The summed E-state index contributed by atoms with van der Waals surface area (Å²) in [5.74, 6) is 0.0933. The molecule has 0 aliphatic heterocycles. The Kier molecular flexibility index (Phi) is 4.36. The minimum atomic E-state index is -0.451.